The van der Waals surface area contributed by atoms with Gasteiger partial charge in [-0.25, -0.2) is 9.48 Å². The summed E-state index contributed by atoms with van der Waals surface area (Å²) in [5.74, 6) is -1.93. The molecule has 4 N–H and O–H groups in total. The number of anilines is 1. The zero-order valence-electron chi connectivity index (χ0n) is 17.0. The lowest BCUT2D eigenvalue weighted by atomic mass is 10.0. The standard InChI is InChI=1S/C15H16N10O5S3/c1-24-15(19-22-23-24)32-4-5-3-31-12-7(11(27)25(12)8(5)13(28)29)17-10(26)6(20-30-2)9-18-14(16)33-21-9/h7,12H,3-4H2,1-2H3,(H,17,26)(H,28,29)(H2,16,18,21)/b20-6+/t7?,12-/m1/s1. The normalized spacial score (nSPS) is 20.4. The number of aromatic nitrogens is 6. The van der Waals surface area contributed by atoms with E-state index in [2.05, 4.69) is 35.4 Å². The van der Waals surface area contributed by atoms with Gasteiger partial charge in [0.15, 0.2) is 5.13 Å². The molecule has 0 aliphatic carbocycles. The zero-order chi connectivity index (χ0) is 23.7. The van der Waals surface area contributed by atoms with Crippen LogP contribution in [0.15, 0.2) is 21.6 Å². The maximum Gasteiger partial charge on any atom is 0.352 e. The highest BCUT2D eigenvalue weighted by Gasteiger charge is 2.54. The summed E-state index contributed by atoms with van der Waals surface area (Å²) < 4.78 is 5.40. The van der Waals surface area contributed by atoms with E-state index in [1.54, 1.807) is 7.05 Å². The first-order valence-corrected chi connectivity index (χ1v) is 11.9. The van der Waals surface area contributed by atoms with Crippen molar-refractivity contribution in [3.8, 4) is 0 Å². The van der Waals surface area contributed by atoms with Crippen LogP contribution in [0, 0.1) is 0 Å². The molecule has 18 heteroatoms. The number of hydrogen-bond acceptors (Lipinski definition) is 14. The highest BCUT2D eigenvalue weighted by atomic mass is 32.2. The molecule has 1 saturated heterocycles. The topological polar surface area (TPSA) is 204 Å². The Morgan fingerprint density at radius 2 is 2.24 bits per heavy atom. The summed E-state index contributed by atoms with van der Waals surface area (Å²) in [4.78, 5) is 47.3. The monoisotopic (exact) mass is 512 g/mol. The summed E-state index contributed by atoms with van der Waals surface area (Å²) in [6.45, 7) is 0. The average molecular weight is 513 g/mol. The summed E-state index contributed by atoms with van der Waals surface area (Å²) >= 11 is 3.48. The van der Waals surface area contributed by atoms with Crippen LogP contribution < -0.4 is 11.1 Å². The third kappa shape index (κ3) is 4.35. The number of tetrazole rings is 1. The molecule has 1 fully saturated rings. The summed E-state index contributed by atoms with van der Waals surface area (Å²) in [5.41, 5.74) is 5.76. The first-order chi connectivity index (χ1) is 15.8. The number of aryl methyl sites for hydroxylation is 1. The molecule has 0 bridgehead atoms. The van der Waals surface area contributed by atoms with Crippen molar-refractivity contribution < 1.29 is 24.3 Å². The van der Waals surface area contributed by atoms with Crippen LogP contribution in [0.2, 0.25) is 0 Å². The van der Waals surface area contributed by atoms with Crippen LogP contribution in [-0.2, 0) is 26.3 Å². The van der Waals surface area contributed by atoms with Crippen molar-refractivity contribution in [2.45, 2.75) is 16.6 Å². The fraction of sp³-hybridized carbons (Fsp3) is 0.400. The van der Waals surface area contributed by atoms with E-state index in [0.29, 0.717) is 16.5 Å². The fourth-order valence-electron chi connectivity index (χ4n) is 3.11. The molecule has 0 aromatic carbocycles. The van der Waals surface area contributed by atoms with Crippen molar-refractivity contribution in [1.29, 1.82) is 0 Å². The van der Waals surface area contributed by atoms with E-state index in [1.165, 1.54) is 40.2 Å². The van der Waals surface area contributed by atoms with E-state index in [9.17, 15) is 19.5 Å². The summed E-state index contributed by atoms with van der Waals surface area (Å²) in [6, 6.07) is -0.952. The van der Waals surface area contributed by atoms with Gasteiger partial charge in [-0.3, -0.25) is 14.5 Å². The molecule has 33 heavy (non-hydrogen) atoms. The molecular formula is C15H16N10O5S3. The van der Waals surface area contributed by atoms with Gasteiger partial charge >= 0.3 is 5.97 Å². The quantitative estimate of drug-likeness (QED) is 0.160. The van der Waals surface area contributed by atoms with Crippen LogP contribution in [0.5, 0.6) is 0 Å². The van der Waals surface area contributed by atoms with Crippen molar-refractivity contribution >= 4 is 63.7 Å². The van der Waals surface area contributed by atoms with Crippen molar-refractivity contribution in [3.05, 3.63) is 17.1 Å². The van der Waals surface area contributed by atoms with Gasteiger partial charge in [-0.1, -0.05) is 16.9 Å². The van der Waals surface area contributed by atoms with E-state index < -0.39 is 29.2 Å². The van der Waals surface area contributed by atoms with E-state index in [1.807, 2.05) is 0 Å². The van der Waals surface area contributed by atoms with Gasteiger partial charge in [0, 0.05) is 30.1 Å². The third-order valence-electron chi connectivity index (χ3n) is 4.54. The molecule has 2 aromatic rings. The predicted molar refractivity (Wildman–Crippen MR) is 117 cm³/mol. The maximum absolute atomic E-state index is 12.8. The van der Waals surface area contributed by atoms with Crippen LogP contribution in [0.4, 0.5) is 5.13 Å². The lowest BCUT2D eigenvalue weighted by molar-refractivity contribution is -0.150. The second kappa shape index (κ2) is 9.32. The van der Waals surface area contributed by atoms with Crippen molar-refractivity contribution in [3.63, 3.8) is 0 Å². The van der Waals surface area contributed by atoms with E-state index in [-0.39, 0.29) is 28.1 Å². The number of nitrogens with two attached hydrogens (primary N) is 1. The second-order valence-corrected chi connectivity index (χ2v) is 9.40. The predicted octanol–water partition coefficient (Wildman–Crippen LogP) is -1.47. The molecule has 0 spiro atoms. The molecule has 4 rings (SSSR count). The number of fused-ring (bicyclic) bond motifs is 1. The Hall–Kier alpha value is -3.25. The number of amides is 2. The summed E-state index contributed by atoms with van der Waals surface area (Å²) in [7, 11) is 2.92. The lowest BCUT2D eigenvalue weighted by Crippen LogP contribution is -2.71. The van der Waals surface area contributed by atoms with Crippen LogP contribution in [0.1, 0.15) is 5.82 Å². The number of nitrogens with zero attached hydrogens (tertiary/aromatic N) is 8. The number of nitrogens with one attached hydrogen (secondary N) is 1. The van der Waals surface area contributed by atoms with Crippen LogP contribution in [-0.4, -0.2) is 93.1 Å². The number of carbonyl (C=O) groups is 3. The van der Waals surface area contributed by atoms with Gasteiger partial charge in [-0.2, -0.15) is 9.36 Å². The number of thioether (sulfide) groups is 2. The summed E-state index contributed by atoms with van der Waals surface area (Å²) in [6.07, 6.45) is 0. The Bertz CT molecular complexity index is 1180. The van der Waals surface area contributed by atoms with Gasteiger partial charge in [0.25, 0.3) is 11.8 Å². The highest BCUT2D eigenvalue weighted by molar-refractivity contribution is 8.01. The van der Waals surface area contributed by atoms with Crippen LogP contribution >= 0.6 is 35.1 Å². The first kappa shape index (κ1) is 22.9. The van der Waals surface area contributed by atoms with Gasteiger partial charge in [-0.05, 0) is 16.0 Å². The Morgan fingerprint density at radius 1 is 1.45 bits per heavy atom. The molecule has 2 aliphatic heterocycles. The molecule has 4 heterocycles. The van der Waals surface area contributed by atoms with Gasteiger partial charge in [0.1, 0.15) is 24.2 Å². The van der Waals surface area contributed by atoms with Crippen LogP contribution in [0.3, 0.4) is 0 Å². The van der Waals surface area contributed by atoms with Crippen LogP contribution in [0.25, 0.3) is 0 Å². The van der Waals surface area contributed by atoms with Crippen molar-refractivity contribution in [2.24, 2.45) is 12.2 Å². The highest BCUT2D eigenvalue weighted by Crippen LogP contribution is 2.41. The largest absolute Gasteiger partial charge is 0.477 e. The minimum atomic E-state index is -1.23. The number of nitrogen functional groups attached to an aromatic ring is 1. The van der Waals surface area contributed by atoms with Gasteiger partial charge in [-0.15, -0.1) is 16.9 Å². The number of aliphatic carboxylic acids is 1. The molecular weight excluding hydrogens is 496 g/mol. The maximum atomic E-state index is 12.8. The van der Waals surface area contributed by atoms with Gasteiger partial charge in [0.2, 0.25) is 16.7 Å². The molecule has 2 amide bonds. The number of hydrogen-bond donors (Lipinski definition) is 3. The average Bonchev–Trinajstić information content (AvgIpc) is 3.40. The lowest BCUT2D eigenvalue weighted by Gasteiger charge is -2.49. The van der Waals surface area contributed by atoms with E-state index >= 15 is 0 Å². The molecule has 2 aliphatic rings. The SMILES string of the molecule is CO/N=C(/C(=O)NC1C(=O)N2C(C(=O)O)=C(CSc3nnnn3C)CS[C@H]12)c1nsc(N)n1. The van der Waals surface area contributed by atoms with Crippen molar-refractivity contribution in [1.82, 2.24) is 39.8 Å². The number of carboxylic acids is 1. The fourth-order valence-corrected chi connectivity index (χ4v) is 5.88. The zero-order valence-corrected chi connectivity index (χ0v) is 19.5. The van der Waals surface area contributed by atoms with E-state index in [0.717, 1.165) is 11.5 Å². The molecule has 1 unspecified atom stereocenters. The van der Waals surface area contributed by atoms with Gasteiger partial charge in [0.05, 0.1) is 0 Å². The van der Waals surface area contributed by atoms with E-state index in [4.69, 9.17) is 10.6 Å². The van der Waals surface area contributed by atoms with Crippen molar-refractivity contribution in [2.75, 3.05) is 24.3 Å². The Balaban J connectivity index is 1.49. The summed E-state index contributed by atoms with van der Waals surface area (Å²) in [5, 5.41) is 27.2. The molecule has 2 aromatic heterocycles. The molecule has 15 nitrogen and oxygen atoms in total. The Morgan fingerprint density at radius 3 is 2.85 bits per heavy atom. The molecule has 2 atom stereocenters. The molecule has 0 saturated carbocycles. The second-order valence-electron chi connectivity index (χ2n) is 6.57. The number of oxime groups is 1. The molecule has 174 valence electrons. The first-order valence-electron chi connectivity index (χ1n) is 9.08. The number of carbonyl (C=O) groups excluding carboxylic acids is 2. The third-order valence-corrected chi connectivity index (χ3v) is 7.52. The van der Waals surface area contributed by atoms with Gasteiger partial charge < -0.3 is 21.0 Å². The number of rotatable bonds is 8. The number of β-lactam (4-membered cyclic amide) rings is 1. The minimum Gasteiger partial charge on any atom is -0.477 e. The minimum absolute atomic E-state index is 0.0412. The Labute approximate surface area is 198 Å². The smallest absolute Gasteiger partial charge is 0.352 e. The number of carboxylic acid groups (broad SMARTS) is 1. The Kier molecular flexibility index (Phi) is 6.47. The molecule has 0 radical (unpaired) electrons.